The maximum Gasteiger partial charge on any atom is 0.419 e. The molecule has 0 fully saturated rings. The van der Waals surface area contributed by atoms with E-state index >= 15 is 0 Å². The lowest BCUT2D eigenvalue weighted by molar-refractivity contribution is -0.139. The molecule has 0 spiro atoms. The summed E-state index contributed by atoms with van der Waals surface area (Å²) >= 11 is 0. The summed E-state index contributed by atoms with van der Waals surface area (Å²) in [6.45, 7) is 1.80. The number of halogens is 3. The van der Waals surface area contributed by atoms with Gasteiger partial charge >= 0.3 is 6.18 Å². The van der Waals surface area contributed by atoms with Crippen LogP contribution < -0.4 is 15.8 Å². The average Bonchev–Trinajstić information content (AvgIpc) is 2.79. The van der Waals surface area contributed by atoms with E-state index in [1.54, 1.807) is 6.07 Å². The van der Waals surface area contributed by atoms with Gasteiger partial charge in [0.2, 0.25) is 0 Å². The van der Waals surface area contributed by atoms with Crippen LogP contribution in [0.4, 0.5) is 18.9 Å². The van der Waals surface area contributed by atoms with E-state index in [0.717, 1.165) is 36.7 Å². The first-order valence-corrected chi connectivity index (χ1v) is 10.1. The highest BCUT2D eigenvalue weighted by atomic mass is 19.4. The molecule has 0 unspecified atom stereocenters. The highest BCUT2D eigenvalue weighted by Gasteiger charge is 2.34. The molecule has 3 aromatic rings. The van der Waals surface area contributed by atoms with Crippen molar-refractivity contribution in [1.29, 1.82) is 0 Å². The van der Waals surface area contributed by atoms with Crippen LogP contribution in [0.3, 0.4) is 0 Å². The van der Waals surface area contributed by atoms with Crippen LogP contribution in [0.2, 0.25) is 0 Å². The first kappa shape index (κ1) is 21.0. The zero-order valence-corrected chi connectivity index (χ0v) is 16.9. The van der Waals surface area contributed by atoms with Crippen molar-refractivity contribution >= 4 is 11.3 Å². The molecule has 160 valence electrons. The van der Waals surface area contributed by atoms with Crippen LogP contribution in [0.5, 0.6) is 5.75 Å². The smallest absolute Gasteiger partial charge is 0.419 e. The number of nitrogen functional groups attached to an aromatic ring is 1. The van der Waals surface area contributed by atoms with Crippen molar-refractivity contribution in [2.75, 3.05) is 18.8 Å². The van der Waals surface area contributed by atoms with Gasteiger partial charge in [-0.05, 0) is 41.8 Å². The van der Waals surface area contributed by atoms with Crippen LogP contribution in [-0.2, 0) is 12.8 Å². The molecule has 3 N–H and O–H groups in total. The Labute approximate surface area is 179 Å². The maximum atomic E-state index is 13.2. The van der Waals surface area contributed by atoms with Crippen LogP contribution in [0.25, 0.3) is 16.7 Å². The number of rotatable bonds is 5. The first-order chi connectivity index (χ1) is 14.9. The first-order valence-electron chi connectivity index (χ1n) is 10.1. The molecule has 0 bridgehead atoms. The fourth-order valence-corrected chi connectivity index (χ4v) is 3.72. The molecule has 3 nitrogen and oxygen atoms in total. The topological polar surface area (TPSA) is 47.3 Å². The van der Waals surface area contributed by atoms with E-state index in [1.807, 2.05) is 24.3 Å². The molecule has 0 atom stereocenters. The third kappa shape index (κ3) is 4.75. The minimum absolute atomic E-state index is 0.0509. The van der Waals surface area contributed by atoms with Gasteiger partial charge in [0.05, 0.1) is 5.56 Å². The summed E-state index contributed by atoms with van der Waals surface area (Å²) in [4.78, 5) is 0. The molecular formula is C25H23F3N2O. The third-order valence-electron chi connectivity index (χ3n) is 5.40. The fraction of sp³-hybridized carbons (Fsp3) is 0.200. The lowest BCUT2D eigenvalue weighted by Crippen LogP contribution is -2.19. The zero-order chi connectivity index (χ0) is 21.8. The Bertz CT molecular complexity index is 1090. The average molecular weight is 424 g/mol. The van der Waals surface area contributed by atoms with Gasteiger partial charge < -0.3 is 15.8 Å². The number of ether oxygens (including phenoxy) is 1. The predicted octanol–water partition coefficient (Wildman–Crippen LogP) is 5.91. The summed E-state index contributed by atoms with van der Waals surface area (Å²) in [6.07, 6.45) is -1.28. The van der Waals surface area contributed by atoms with Crippen LogP contribution in [0, 0.1) is 0 Å². The van der Waals surface area contributed by atoms with Crippen molar-refractivity contribution in [2.45, 2.75) is 19.2 Å². The molecule has 6 heteroatoms. The number of alkyl halides is 3. The van der Waals surface area contributed by atoms with Gasteiger partial charge in [0.15, 0.2) is 0 Å². The van der Waals surface area contributed by atoms with Crippen molar-refractivity contribution in [2.24, 2.45) is 0 Å². The maximum absolute atomic E-state index is 13.2. The minimum Gasteiger partial charge on any atom is -0.488 e. The Morgan fingerprint density at radius 3 is 2.35 bits per heavy atom. The molecule has 31 heavy (non-hydrogen) atoms. The quantitative estimate of drug-likeness (QED) is 0.501. The Hall–Kier alpha value is -3.25. The SMILES string of the molecule is Nc1c(COc2ccccc2C(F)(F)F)cccc1-c1ccc(C2=CCNCC2)cc1. The normalized spacial score (nSPS) is 14.2. The highest BCUT2D eigenvalue weighted by Crippen LogP contribution is 2.37. The largest absolute Gasteiger partial charge is 0.488 e. The van der Waals surface area contributed by atoms with E-state index < -0.39 is 11.7 Å². The molecule has 1 aliphatic heterocycles. The Morgan fingerprint density at radius 2 is 1.65 bits per heavy atom. The van der Waals surface area contributed by atoms with Gasteiger partial charge in [-0.1, -0.05) is 60.7 Å². The van der Waals surface area contributed by atoms with E-state index in [2.05, 4.69) is 23.5 Å². The van der Waals surface area contributed by atoms with Crippen molar-refractivity contribution in [3.63, 3.8) is 0 Å². The molecule has 0 aromatic heterocycles. The number of benzene rings is 3. The van der Waals surface area contributed by atoms with E-state index in [-0.39, 0.29) is 12.4 Å². The van der Waals surface area contributed by atoms with Gasteiger partial charge in [-0.3, -0.25) is 0 Å². The number of anilines is 1. The number of nitrogens with one attached hydrogen (secondary N) is 1. The van der Waals surface area contributed by atoms with Gasteiger partial charge in [0.25, 0.3) is 0 Å². The van der Waals surface area contributed by atoms with Crippen LogP contribution in [-0.4, -0.2) is 13.1 Å². The van der Waals surface area contributed by atoms with Gasteiger partial charge in [0.1, 0.15) is 12.4 Å². The molecule has 0 saturated carbocycles. The Balaban J connectivity index is 1.55. The van der Waals surface area contributed by atoms with Gasteiger partial charge in [-0.15, -0.1) is 0 Å². The molecule has 0 saturated heterocycles. The van der Waals surface area contributed by atoms with Crippen molar-refractivity contribution in [3.05, 3.63) is 89.5 Å². The number of hydrogen-bond acceptors (Lipinski definition) is 3. The summed E-state index contributed by atoms with van der Waals surface area (Å²) in [5.41, 5.74) is 11.0. The van der Waals surface area contributed by atoms with Crippen molar-refractivity contribution in [3.8, 4) is 16.9 Å². The monoisotopic (exact) mass is 424 g/mol. The predicted molar refractivity (Wildman–Crippen MR) is 118 cm³/mol. The molecule has 3 aromatic carbocycles. The van der Waals surface area contributed by atoms with E-state index in [9.17, 15) is 13.2 Å². The summed E-state index contributed by atoms with van der Waals surface area (Å²) in [5, 5.41) is 3.30. The standard InChI is InChI=1S/C25H23F3N2O/c26-25(27,28)22-6-1-2-7-23(22)31-16-20-4-3-5-21(24(20)29)19-10-8-17(9-11-19)18-12-14-30-15-13-18/h1-12,30H,13-16,29H2. The molecule has 1 heterocycles. The lowest BCUT2D eigenvalue weighted by Gasteiger charge is -2.16. The Morgan fingerprint density at radius 1 is 0.903 bits per heavy atom. The van der Waals surface area contributed by atoms with Crippen LogP contribution >= 0.6 is 0 Å². The van der Waals surface area contributed by atoms with E-state index in [1.165, 1.54) is 29.3 Å². The van der Waals surface area contributed by atoms with E-state index in [4.69, 9.17) is 10.5 Å². The fourth-order valence-electron chi connectivity index (χ4n) is 3.72. The van der Waals surface area contributed by atoms with Crippen molar-refractivity contribution < 1.29 is 17.9 Å². The van der Waals surface area contributed by atoms with Crippen molar-refractivity contribution in [1.82, 2.24) is 5.32 Å². The Kier molecular flexibility index (Phi) is 6.00. The van der Waals surface area contributed by atoms with Gasteiger partial charge in [-0.2, -0.15) is 13.2 Å². The summed E-state index contributed by atoms with van der Waals surface area (Å²) < 4.78 is 45.1. The summed E-state index contributed by atoms with van der Waals surface area (Å²) in [5.74, 6) is -0.209. The number of para-hydroxylation sites is 2. The molecule has 0 aliphatic carbocycles. The van der Waals surface area contributed by atoms with Gasteiger partial charge in [0, 0.05) is 23.4 Å². The van der Waals surface area contributed by atoms with E-state index in [0.29, 0.717) is 11.3 Å². The number of hydrogen-bond donors (Lipinski definition) is 2. The van der Waals surface area contributed by atoms with Crippen LogP contribution in [0.1, 0.15) is 23.1 Å². The minimum atomic E-state index is -4.48. The summed E-state index contributed by atoms with van der Waals surface area (Å²) in [7, 11) is 0. The molecule has 0 amide bonds. The molecule has 1 aliphatic rings. The second kappa shape index (κ2) is 8.86. The molecule has 4 rings (SSSR count). The summed E-state index contributed by atoms with van der Waals surface area (Å²) in [6, 6.07) is 18.9. The highest BCUT2D eigenvalue weighted by molar-refractivity contribution is 5.80. The second-order valence-electron chi connectivity index (χ2n) is 7.42. The third-order valence-corrected chi connectivity index (χ3v) is 5.40. The van der Waals surface area contributed by atoms with Crippen LogP contribution in [0.15, 0.2) is 72.8 Å². The molecular weight excluding hydrogens is 401 g/mol. The van der Waals surface area contributed by atoms with Gasteiger partial charge in [-0.25, -0.2) is 0 Å². The molecule has 0 radical (unpaired) electrons. The zero-order valence-electron chi connectivity index (χ0n) is 16.9. The second-order valence-corrected chi connectivity index (χ2v) is 7.42. The number of nitrogens with two attached hydrogens (primary N) is 1. The lowest BCUT2D eigenvalue weighted by atomic mass is 9.95.